The van der Waals surface area contributed by atoms with Crippen LogP contribution in [-0.4, -0.2) is 12.6 Å². The third-order valence-corrected chi connectivity index (χ3v) is 2.98. The topological polar surface area (TPSA) is 21.3 Å². The molecule has 0 aromatic carbocycles. The summed E-state index contributed by atoms with van der Waals surface area (Å²) in [7, 11) is 0. The third-order valence-electron chi connectivity index (χ3n) is 2.98. The van der Waals surface area contributed by atoms with Crippen molar-refractivity contribution in [2.75, 3.05) is 6.61 Å². The molecule has 0 bridgehead atoms. The lowest BCUT2D eigenvalue weighted by Crippen LogP contribution is -2.31. The average molecular weight is 174 g/mol. The Kier molecular flexibility index (Phi) is 1.48. The molecule has 1 unspecified atom stereocenters. The summed E-state index contributed by atoms with van der Waals surface area (Å²) in [5, 5.41) is 3.27. The first-order valence-electron chi connectivity index (χ1n) is 4.80. The predicted octanol–water partition coefficient (Wildman–Crippen LogP) is 1.67. The van der Waals surface area contributed by atoms with Crippen molar-refractivity contribution >= 4 is 0 Å². The van der Waals surface area contributed by atoms with Crippen LogP contribution in [0.3, 0.4) is 0 Å². The van der Waals surface area contributed by atoms with Crippen LogP contribution in [0.4, 0.5) is 0 Å². The highest BCUT2D eigenvalue weighted by Crippen LogP contribution is 2.36. The second kappa shape index (κ2) is 2.66. The van der Waals surface area contributed by atoms with Gasteiger partial charge in [0.15, 0.2) is 0 Å². The van der Waals surface area contributed by atoms with Gasteiger partial charge < -0.3 is 10.1 Å². The van der Waals surface area contributed by atoms with Crippen LogP contribution in [0.15, 0.2) is 29.1 Å². The van der Waals surface area contributed by atoms with Crippen LogP contribution >= 0.6 is 0 Å². The SMILES string of the molecule is [C]1=CC=C2CC3=C(CCO3)CC2N1. The van der Waals surface area contributed by atoms with Crippen molar-refractivity contribution in [3.8, 4) is 0 Å². The maximum Gasteiger partial charge on any atom is 0.0995 e. The van der Waals surface area contributed by atoms with E-state index in [1.165, 1.54) is 16.9 Å². The van der Waals surface area contributed by atoms with E-state index in [0.29, 0.717) is 6.04 Å². The molecular formula is C11H12NO. The molecule has 3 rings (SSSR count). The average Bonchev–Trinajstić information content (AvgIpc) is 2.61. The van der Waals surface area contributed by atoms with Gasteiger partial charge in [-0.25, -0.2) is 0 Å². The maximum atomic E-state index is 5.58. The molecule has 0 fully saturated rings. The molecule has 0 aromatic rings. The summed E-state index contributed by atoms with van der Waals surface area (Å²) < 4.78 is 5.58. The van der Waals surface area contributed by atoms with Crippen molar-refractivity contribution in [2.24, 2.45) is 0 Å². The second-order valence-electron chi connectivity index (χ2n) is 3.76. The molecule has 67 valence electrons. The minimum absolute atomic E-state index is 0.491. The zero-order valence-electron chi connectivity index (χ0n) is 7.47. The number of allylic oxidation sites excluding steroid dienone is 3. The zero-order chi connectivity index (χ0) is 8.67. The van der Waals surface area contributed by atoms with E-state index in [-0.39, 0.29) is 0 Å². The monoisotopic (exact) mass is 174 g/mol. The summed E-state index contributed by atoms with van der Waals surface area (Å²) in [5.41, 5.74) is 2.96. The predicted molar refractivity (Wildman–Crippen MR) is 49.6 cm³/mol. The van der Waals surface area contributed by atoms with Gasteiger partial charge in [0.1, 0.15) is 0 Å². The minimum Gasteiger partial charge on any atom is -0.497 e. The Balaban J connectivity index is 1.92. The maximum absolute atomic E-state index is 5.58. The first-order chi connectivity index (χ1) is 6.43. The fourth-order valence-corrected chi connectivity index (χ4v) is 2.23. The number of rotatable bonds is 0. The van der Waals surface area contributed by atoms with E-state index in [2.05, 4.69) is 17.6 Å². The normalized spacial score (nSPS) is 30.2. The van der Waals surface area contributed by atoms with Crippen LogP contribution in [0.25, 0.3) is 0 Å². The number of fused-ring (bicyclic) bond motifs is 1. The Bertz CT molecular complexity index is 325. The highest BCUT2D eigenvalue weighted by molar-refractivity contribution is 5.34. The smallest absolute Gasteiger partial charge is 0.0995 e. The van der Waals surface area contributed by atoms with Crippen LogP contribution in [0, 0.1) is 6.20 Å². The summed E-state index contributed by atoms with van der Waals surface area (Å²) in [5.74, 6) is 1.24. The number of hydrogen-bond acceptors (Lipinski definition) is 2. The molecule has 3 aliphatic rings. The third kappa shape index (κ3) is 1.09. The molecular weight excluding hydrogens is 162 g/mol. The summed E-state index contributed by atoms with van der Waals surface area (Å²) in [6.07, 6.45) is 10.4. The number of dihydropyridines is 1. The fourth-order valence-electron chi connectivity index (χ4n) is 2.23. The molecule has 2 nitrogen and oxygen atoms in total. The van der Waals surface area contributed by atoms with E-state index >= 15 is 0 Å². The summed E-state index contributed by atoms with van der Waals surface area (Å²) >= 11 is 0. The molecule has 0 amide bonds. The van der Waals surface area contributed by atoms with Crippen molar-refractivity contribution < 1.29 is 4.74 Å². The molecule has 2 heterocycles. The zero-order valence-corrected chi connectivity index (χ0v) is 7.47. The van der Waals surface area contributed by atoms with Crippen LogP contribution in [0.1, 0.15) is 19.3 Å². The summed E-state index contributed by atoms with van der Waals surface area (Å²) in [4.78, 5) is 0. The van der Waals surface area contributed by atoms with Gasteiger partial charge in [-0.05, 0) is 23.6 Å². The number of nitrogens with one attached hydrogen (secondary N) is 1. The van der Waals surface area contributed by atoms with Gasteiger partial charge in [0.05, 0.1) is 24.6 Å². The number of ether oxygens (including phenoxy) is 1. The molecule has 0 saturated carbocycles. The molecule has 1 N–H and O–H groups in total. The quantitative estimate of drug-likeness (QED) is 0.603. The van der Waals surface area contributed by atoms with Gasteiger partial charge in [0.25, 0.3) is 0 Å². The first-order valence-corrected chi connectivity index (χ1v) is 4.80. The van der Waals surface area contributed by atoms with Crippen molar-refractivity contribution in [2.45, 2.75) is 25.3 Å². The van der Waals surface area contributed by atoms with E-state index in [9.17, 15) is 0 Å². The Morgan fingerprint density at radius 1 is 1.54 bits per heavy atom. The van der Waals surface area contributed by atoms with Crippen LogP contribution in [-0.2, 0) is 4.74 Å². The highest BCUT2D eigenvalue weighted by Gasteiger charge is 2.28. The van der Waals surface area contributed by atoms with E-state index in [0.717, 1.165) is 25.9 Å². The molecule has 1 aliphatic carbocycles. The van der Waals surface area contributed by atoms with Crippen molar-refractivity contribution in [3.63, 3.8) is 0 Å². The largest absolute Gasteiger partial charge is 0.497 e. The molecule has 13 heavy (non-hydrogen) atoms. The van der Waals surface area contributed by atoms with Crippen LogP contribution in [0.2, 0.25) is 0 Å². The molecule has 1 atom stereocenters. The lowest BCUT2D eigenvalue weighted by Gasteiger charge is -2.27. The van der Waals surface area contributed by atoms with Gasteiger partial charge in [-0.3, -0.25) is 0 Å². The van der Waals surface area contributed by atoms with Gasteiger partial charge in [-0.2, -0.15) is 0 Å². The number of hydrogen-bond donors (Lipinski definition) is 1. The second-order valence-corrected chi connectivity index (χ2v) is 3.76. The van der Waals surface area contributed by atoms with Gasteiger partial charge in [-0.15, -0.1) is 0 Å². The summed E-state index contributed by atoms with van der Waals surface area (Å²) in [6, 6.07) is 0.491. The Labute approximate surface area is 78.0 Å². The Morgan fingerprint density at radius 3 is 3.54 bits per heavy atom. The Hall–Kier alpha value is -1.18. The summed E-state index contributed by atoms with van der Waals surface area (Å²) in [6.45, 7) is 0.891. The van der Waals surface area contributed by atoms with Gasteiger partial charge in [-0.1, -0.05) is 6.08 Å². The lowest BCUT2D eigenvalue weighted by atomic mass is 9.87. The molecule has 0 aromatic heterocycles. The Morgan fingerprint density at radius 2 is 2.54 bits per heavy atom. The van der Waals surface area contributed by atoms with Crippen molar-refractivity contribution in [3.05, 3.63) is 35.3 Å². The van der Waals surface area contributed by atoms with Crippen molar-refractivity contribution in [1.82, 2.24) is 5.32 Å². The highest BCUT2D eigenvalue weighted by atomic mass is 16.5. The van der Waals surface area contributed by atoms with Gasteiger partial charge in [0.2, 0.25) is 0 Å². The van der Waals surface area contributed by atoms with E-state index in [4.69, 9.17) is 4.74 Å². The molecule has 0 saturated heterocycles. The van der Waals surface area contributed by atoms with E-state index in [1.807, 2.05) is 6.08 Å². The molecule has 1 radical (unpaired) electrons. The van der Waals surface area contributed by atoms with Gasteiger partial charge in [0, 0.05) is 12.8 Å². The standard InChI is InChI=1S/C11H12NO/c1-2-8-7-11-9(3-5-13-11)6-10(8)12-4-1/h1-2,10,12H,3,5-7H2. The lowest BCUT2D eigenvalue weighted by molar-refractivity contribution is 0.236. The molecule has 2 aliphatic heterocycles. The fraction of sp³-hybridized carbons (Fsp3) is 0.455. The molecule has 2 heteroatoms. The van der Waals surface area contributed by atoms with E-state index in [1.54, 1.807) is 0 Å². The molecule has 0 spiro atoms. The van der Waals surface area contributed by atoms with Gasteiger partial charge >= 0.3 is 0 Å². The van der Waals surface area contributed by atoms with Crippen LogP contribution in [0.5, 0.6) is 0 Å². The minimum atomic E-state index is 0.491. The first kappa shape index (κ1) is 7.25. The van der Waals surface area contributed by atoms with E-state index < -0.39 is 0 Å². The van der Waals surface area contributed by atoms with Crippen LogP contribution < -0.4 is 5.32 Å². The van der Waals surface area contributed by atoms with Crippen molar-refractivity contribution in [1.29, 1.82) is 0 Å².